The van der Waals surface area contributed by atoms with Gasteiger partial charge in [-0.05, 0) is 18.6 Å². The number of amides is 3. The van der Waals surface area contributed by atoms with Crippen LogP contribution >= 0.6 is 57.2 Å². The maximum atomic E-state index is 11.4. The van der Waals surface area contributed by atoms with Gasteiger partial charge in [-0.2, -0.15) is 11.8 Å². The predicted molar refractivity (Wildman–Crippen MR) is 103 cm³/mol. The molecule has 0 saturated heterocycles. The molecule has 0 aromatic rings. The lowest BCUT2D eigenvalue weighted by Crippen LogP contribution is -2.29. The largest absolute Gasteiger partial charge is 0.356 e. The van der Waals surface area contributed by atoms with Crippen LogP contribution < -0.4 is 14.2 Å². The van der Waals surface area contributed by atoms with Crippen LogP contribution in [-0.2, 0) is 14.4 Å². The van der Waals surface area contributed by atoms with Gasteiger partial charge < -0.3 is 10.6 Å². The highest BCUT2D eigenvalue weighted by atomic mass is 127. The van der Waals surface area contributed by atoms with Gasteiger partial charge >= 0.3 is 0 Å². The molecule has 0 saturated carbocycles. The Balaban J connectivity index is 3.39. The Labute approximate surface area is 157 Å². The Morgan fingerprint density at radius 1 is 0.905 bits per heavy atom. The van der Waals surface area contributed by atoms with Crippen LogP contribution in [0.5, 0.6) is 0 Å². The highest BCUT2D eigenvalue weighted by Gasteiger charge is 2.04. The van der Waals surface area contributed by atoms with Gasteiger partial charge in [0.2, 0.25) is 17.7 Å². The quantitative estimate of drug-likeness (QED) is 0.151. The summed E-state index contributed by atoms with van der Waals surface area (Å²) >= 11 is 5.55. The minimum absolute atomic E-state index is 0.0762. The van der Waals surface area contributed by atoms with Crippen LogP contribution in [0.3, 0.4) is 0 Å². The number of alkyl halides is 1. The van der Waals surface area contributed by atoms with E-state index in [0.717, 1.165) is 29.6 Å². The molecular formula is C12H21I2N3O3S. The Morgan fingerprint density at radius 3 is 2.29 bits per heavy atom. The Bertz CT molecular complexity index is 333. The van der Waals surface area contributed by atoms with E-state index in [4.69, 9.17) is 0 Å². The van der Waals surface area contributed by atoms with Gasteiger partial charge in [0.15, 0.2) is 0 Å². The molecule has 21 heavy (non-hydrogen) atoms. The molecule has 3 amide bonds. The minimum Gasteiger partial charge on any atom is -0.356 e. The number of carbonyl (C=O) groups is 3. The van der Waals surface area contributed by atoms with Gasteiger partial charge in [-0.25, -0.2) is 0 Å². The number of nitrogens with one attached hydrogen (secondary N) is 3. The van der Waals surface area contributed by atoms with Gasteiger partial charge in [0.25, 0.3) is 0 Å². The Hall–Kier alpha value is 0.220. The minimum atomic E-state index is -0.0999. The molecule has 122 valence electrons. The fraction of sp³-hybridized carbons (Fsp3) is 0.750. The first-order valence-electron chi connectivity index (χ1n) is 6.66. The normalized spacial score (nSPS) is 10.0. The van der Waals surface area contributed by atoms with Crippen LogP contribution in [0.25, 0.3) is 0 Å². The second-order valence-corrected chi connectivity index (χ2v) is 6.89. The number of hydrogen-bond acceptors (Lipinski definition) is 4. The molecule has 3 N–H and O–H groups in total. The number of hydrogen-bond donors (Lipinski definition) is 3. The summed E-state index contributed by atoms with van der Waals surface area (Å²) in [7, 11) is 0. The van der Waals surface area contributed by atoms with Crippen LogP contribution in [0.2, 0.25) is 0 Å². The number of carbonyl (C=O) groups excluding carboxylic acids is 3. The van der Waals surface area contributed by atoms with Gasteiger partial charge in [0.05, 0.1) is 28.6 Å². The molecule has 0 unspecified atom stereocenters. The maximum absolute atomic E-state index is 11.4. The van der Waals surface area contributed by atoms with E-state index in [2.05, 4.69) is 36.8 Å². The van der Waals surface area contributed by atoms with Gasteiger partial charge in [0.1, 0.15) is 0 Å². The van der Waals surface area contributed by atoms with Crippen molar-refractivity contribution >= 4 is 74.9 Å². The highest BCUT2D eigenvalue weighted by Crippen LogP contribution is 2.04. The monoisotopic (exact) mass is 541 g/mol. The highest BCUT2D eigenvalue weighted by molar-refractivity contribution is 14.1. The molecule has 0 rings (SSSR count). The molecule has 0 aliphatic rings. The predicted octanol–water partition coefficient (Wildman–Crippen LogP) is 1.41. The SMILES string of the molecule is O=C(CCNC(=O)CSCCCC(=O)NCCCI)NI. The van der Waals surface area contributed by atoms with E-state index in [9.17, 15) is 14.4 Å². The molecule has 6 nitrogen and oxygen atoms in total. The van der Waals surface area contributed by atoms with Crippen LogP contribution in [-0.4, -0.2) is 46.7 Å². The van der Waals surface area contributed by atoms with E-state index in [1.807, 2.05) is 0 Å². The van der Waals surface area contributed by atoms with Crippen LogP contribution in [0.15, 0.2) is 0 Å². The van der Waals surface area contributed by atoms with E-state index in [0.29, 0.717) is 18.7 Å². The summed E-state index contributed by atoms with van der Waals surface area (Å²) in [6, 6.07) is 0. The van der Waals surface area contributed by atoms with Crippen molar-refractivity contribution in [3.05, 3.63) is 0 Å². The summed E-state index contributed by atoms with van der Waals surface area (Å²) in [6.07, 6.45) is 2.56. The van der Waals surface area contributed by atoms with E-state index in [1.54, 1.807) is 22.9 Å². The smallest absolute Gasteiger partial charge is 0.230 e. The standard InChI is InChI=1S/C12H21I2N3O3S/c13-5-2-6-15-10(18)3-1-8-21-9-12(20)16-7-4-11(19)17-14/h1-9H2,(H,15,18)(H,16,20)(H,17,19). The lowest BCUT2D eigenvalue weighted by Gasteiger charge is -2.05. The van der Waals surface area contributed by atoms with E-state index >= 15 is 0 Å². The van der Waals surface area contributed by atoms with Crippen molar-refractivity contribution in [2.45, 2.75) is 25.7 Å². The lowest BCUT2D eigenvalue weighted by atomic mass is 10.3. The second-order valence-electron chi connectivity index (χ2n) is 4.17. The van der Waals surface area contributed by atoms with Crippen molar-refractivity contribution in [1.82, 2.24) is 14.2 Å². The summed E-state index contributed by atoms with van der Waals surface area (Å²) in [6.45, 7) is 1.09. The number of rotatable bonds is 12. The average molecular weight is 541 g/mol. The van der Waals surface area contributed by atoms with Crippen molar-refractivity contribution in [1.29, 1.82) is 0 Å². The zero-order valence-electron chi connectivity index (χ0n) is 11.8. The molecule has 0 spiro atoms. The fourth-order valence-corrected chi connectivity index (χ4v) is 2.73. The third-order valence-electron chi connectivity index (χ3n) is 2.34. The summed E-state index contributed by atoms with van der Waals surface area (Å²) in [5.41, 5.74) is 0. The van der Waals surface area contributed by atoms with Crippen LogP contribution in [0.1, 0.15) is 25.7 Å². The van der Waals surface area contributed by atoms with E-state index in [-0.39, 0.29) is 24.1 Å². The zero-order chi connectivity index (χ0) is 15.9. The molecule has 0 heterocycles. The summed E-state index contributed by atoms with van der Waals surface area (Å²) in [5, 5.41) is 5.53. The zero-order valence-corrected chi connectivity index (χ0v) is 16.9. The van der Waals surface area contributed by atoms with Crippen molar-refractivity contribution < 1.29 is 14.4 Å². The first kappa shape index (κ1) is 21.2. The van der Waals surface area contributed by atoms with Crippen LogP contribution in [0, 0.1) is 0 Å². The average Bonchev–Trinajstić information content (AvgIpc) is 2.47. The van der Waals surface area contributed by atoms with Gasteiger partial charge in [-0.15, -0.1) is 0 Å². The first-order chi connectivity index (χ1) is 10.1. The second kappa shape index (κ2) is 15.1. The van der Waals surface area contributed by atoms with Crippen LogP contribution in [0.4, 0.5) is 0 Å². The summed E-state index contributed by atoms with van der Waals surface area (Å²) < 4.78 is 3.51. The number of halogens is 2. The summed E-state index contributed by atoms with van der Waals surface area (Å²) in [5.74, 6) is 1.04. The lowest BCUT2D eigenvalue weighted by molar-refractivity contribution is -0.121. The van der Waals surface area contributed by atoms with Crippen molar-refractivity contribution in [2.75, 3.05) is 29.0 Å². The van der Waals surface area contributed by atoms with Gasteiger partial charge in [-0.1, -0.05) is 22.6 Å². The Kier molecular flexibility index (Phi) is 15.3. The molecule has 0 aliphatic carbocycles. The molecular weight excluding hydrogens is 520 g/mol. The summed E-state index contributed by atoms with van der Waals surface area (Å²) in [4.78, 5) is 33.8. The fourth-order valence-electron chi connectivity index (χ4n) is 1.30. The van der Waals surface area contributed by atoms with E-state index in [1.165, 1.54) is 11.8 Å². The van der Waals surface area contributed by atoms with Gasteiger partial charge in [-0.3, -0.25) is 17.9 Å². The molecule has 0 aromatic carbocycles. The molecule has 0 radical (unpaired) electrons. The van der Waals surface area contributed by atoms with Crippen molar-refractivity contribution in [3.63, 3.8) is 0 Å². The molecule has 0 fully saturated rings. The molecule has 0 atom stereocenters. The van der Waals surface area contributed by atoms with Crippen molar-refractivity contribution in [3.8, 4) is 0 Å². The maximum Gasteiger partial charge on any atom is 0.230 e. The Morgan fingerprint density at radius 2 is 1.62 bits per heavy atom. The molecule has 0 aromatic heterocycles. The van der Waals surface area contributed by atoms with Gasteiger partial charge in [0, 0.05) is 30.4 Å². The van der Waals surface area contributed by atoms with E-state index < -0.39 is 0 Å². The topological polar surface area (TPSA) is 87.3 Å². The van der Waals surface area contributed by atoms with Crippen molar-refractivity contribution in [2.24, 2.45) is 0 Å². The molecule has 0 bridgehead atoms. The molecule has 0 aliphatic heterocycles. The third-order valence-corrected chi connectivity index (χ3v) is 4.75. The molecule has 9 heteroatoms. The third kappa shape index (κ3) is 14.9. The number of thioether (sulfide) groups is 1. The first-order valence-corrected chi connectivity index (χ1v) is 10.4.